The zero-order chi connectivity index (χ0) is 15.6. The summed E-state index contributed by atoms with van der Waals surface area (Å²) in [5.74, 6) is 0. The summed E-state index contributed by atoms with van der Waals surface area (Å²) in [6.07, 6.45) is 0.661. The van der Waals surface area contributed by atoms with Crippen molar-refractivity contribution in [3.63, 3.8) is 0 Å². The van der Waals surface area contributed by atoms with Gasteiger partial charge in [-0.2, -0.15) is 8.75 Å². The van der Waals surface area contributed by atoms with Gasteiger partial charge in [-0.25, -0.2) is 13.1 Å². The molecular formula is C15H15N3O2S2. The topological polar surface area (TPSA) is 72.0 Å². The van der Waals surface area contributed by atoms with Crippen molar-refractivity contribution in [3.05, 3.63) is 54.1 Å². The molecule has 3 rings (SSSR count). The summed E-state index contributed by atoms with van der Waals surface area (Å²) in [5, 5.41) is 0. The Hall–Kier alpha value is -1.83. The van der Waals surface area contributed by atoms with Crippen molar-refractivity contribution in [2.45, 2.75) is 24.3 Å². The lowest BCUT2D eigenvalue weighted by molar-refractivity contribution is 0.551. The highest BCUT2D eigenvalue weighted by Gasteiger charge is 2.23. The quantitative estimate of drug-likeness (QED) is 0.778. The first-order valence-electron chi connectivity index (χ1n) is 6.90. The van der Waals surface area contributed by atoms with Gasteiger partial charge in [0.05, 0.1) is 11.7 Å². The van der Waals surface area contributed by atoms with E-state index in [1.807, 2.05) is 37.3 Å². The molecule has 1 atom stereocenters. The van der Waals surface area contributed by atoms with Crippen LogP contribution in [0, 0.1) is 0 Å². The van der Waals surface area contributed by atoms with E-state index in [0.717, 1.165) is 17.3 Å². The maximum Gasteiger partial charge on any atom is 0.243 e. The predicted octanol–water partition coefficient (Wildman–Crippen LogP) is 3.12. The number of sulfonamides is 1. The van der Waals surface area contributed by atoms with Crippen LogP contribution in [0.25, 0.3) is 11.0 Å². The fourth-order valence-corrected chi connectivity index (χ4v) is 4.40. The molecule has 2 aromatic carbocycles. The lowest BCUT2D eigenvalue weighted by Gasteiger charge is -2.17. The van der Waals surface area contributed by atoms with Gasteiger partial charge < -0.3 is 0 Å². The molecule has 0 bridgehead atoms. The van der Waals surface area contributed by atoms with E-state index < -0.39 is 10.0 Å². The van der Waals surface area contributed by atoms with Crippen molar-refractivity contribution in [2.75, 3.05) is 0 Å². The molecule has 1 aromatic heterocycles. The van der Waals surface area contributed by atoms with E-state index in [2.05, 4.69) is 13.5 Å². The first kappa shape index (κ1) is 15.1. The summed E-state index contributed by atoms with van der Waals surface area (Å²) in [6.45, 7) is 1.95. The number of benzene rings is 2. The van der Waals surface area contributed by atoms with Gasteiger partial charge in [0.2, 0.25) is 10.0 Å². The highest BCUT2D eigenvalue weighted by atomic mass is 32.2. The van der Waals surface area contributed by atoms with E-state index in [0.29, 0.717) is 17.5 Å². The third-order valence-electron chi connectivity index (χ3n) is 3.45. The first-order valence-corrected chi connectivity index (χ1v) is 9.11. The Morgan fingerprint density at radius 1 is 1.09 bits per heavy atom. The van der Waals surface area contributed by atoms with Crippen LogP contribution in [0.5, 0.6) is 0 Å². The number of fused-ring (bicyclic) bond motifs is 1. The van der Waals surface area contributed by atoms with Crippen LogP contribution < -0.4 is 4.72 Å². The molecule has 0 saturated carbocycles. The van der Waals surface area contributed by atoms with Crippen molar-refractivity contribution in [2.24, 2.45) is 0 Å². The molecule has 22 heavy (non-hydrogen) atoms. The standard InChI is InChI=1S/C15H15N3O2S2/c1-2-12(11-7-4-3-5-8-11)18-22(19,20)14-10-6-9-13-15(14)17-21-16-13/h3-10,12,18H,2H2,1H3. The van der Waals surface area contributed by atoms with Gasteiger partial charge in [-0.3, -0.25) is 0 Å². The molecule has 0 aliphatic carbocycles. The summed E-state index contributed by atoms with van der Waals surface area (Å²) >= 11 is 1.01. The SMILES string of the molecule is CCC(NS(=O)(=O)c1cccc2nsnc12)c1ccccc1. The lowest BCUT2D eigenvalue weighted by atomic mass is 10.1. The highest BCUT2D eigenvalue weighted by Crippen LogP contribution is 2.24. The van der Waals surface area contributed by atoms with Gasteiger partial charge in [-0.15, -0.1) is 0 Å². The van der Waals surface area contributed by atoms with E-state index in [-0.39, 0.29) is 10.9 Å². The second-order valence-electron chi connectivity index (χ2n) is 4.88. The maximum atomic E-state index is 12.7. The second-order valence-corrected chi connectivity index (χ2v) is 7.09. The van der Waals surface area contributed by atoms with Crippen LogP contribution in [0.4, 0.5) is 0 Å². The molecule has 0 fully saturated rings. The average Bonchev–Trinajstić information content (AvgIpc) is 3.01. The van der Waals surface area contributed by atoms with Gasteiger partial charge in [-0.1, -0.05) is 43.3 Å². The lowest BCUT2D eigenvalue weighted by Crippen LogP contribution is -2.28. The summed E-state index contributed by atoms with van der Waals surface area (Å²) in [7, 11) is -3.66. The van der Waals surface area contributed by atoms with Gasteiger partial charge in [0, 0.05) is 6.04 Å². The van der Waals surface area contributed by atoms with E-state index >= 15 is 0 Å². The number of rotatable bonds is 5. The van der Waals surface area contributed by atoms with Gasteiger partial charge >= 0.3 is 0 Å². The fourth-order valence-electron chi connectivity index (χ4n) is 2.32. The van der Waals surface area contributed by atoms with Crippen LogP contribution in [-0.2, 0) is 10.0 Å². The monoisotopic (exact) mass is 333 g/mol. The van der Waals surface area contributed by atoms with E-state index in [1.54, 1.807) is 18.2 Å². The number of hydrogen-bond acceptors (Lipinski definition) is 5. The normalized spacial score (nSPS) is 13.3. The number of nitrogens with zero attached hydrogens (tertiary/aromatic N) is 2. The van der Waals surface area contributed by atoms with Crippen LogP contribution in [0.2, 0.25) is 0 Å². The number of aromatic nitrogens is 2. The minimum Gasteiger partial charge on any atom is -0.207 e. The van der Waals surface area contributed by atoms with E-state index in [4.69, 9.17) is 0 Å². The highest BCUT2D eigenvalue weighted by molar-refractivity contribution is 7.89. The van der Waals surface area contributed by atoms with Crippen LogP contribution in [-0.4, -0.2) is 17.2 Å². The molecule has 0 radical (unpaired) electrons. The predicted molar refractivity (Wildman–Crippen MR) is 87.2 cm³/mol. The Balaban J connectivity index is 1.98. The average molecular weight is 333 g/mol. The Labute approximate surface area is 133 Å². The molecule has 0 spiro atoms. The molecule has 0 amide bonds. The summed E-state index contributed by atoms with van der Waals surface area (Å²) in [6, 6.07) is 14.3. The minimum atomic E-state index is -3.66. The molecule has 1 unspecified atom stereocenters. The second kappa shape index (κ2) is 6.12. The fraction of sp³-hybridized carbons (Fsp3) is 0.200. The van der Waals surface area contributed by atoms with Crippen LogP contribution in [0.3, 0.4) is 0 Å². The molecule has 0 aliphatic rings. The molecule has 0 saturated heterocycles. The Kier molecular flexibility index (Phi) is 4.19. The smallest absolute Gasteiger partial charge is 0.207 e. The maximum absolute atomic E-state index is 12.7. The molecule has 5 nitrogen and oxygen atoms in total. The molecule has 114 valence electrons. The Morgan fingerprint density at radius 3 is 2.59 bits per heavy atom. The number of nitrogens with one attached hydrogen (secondary N) is 1. The van der Waals surface area contributed by atoms with Gasteiger partial charge in [0.15, 0.2) is 0 Å². The first-order chi connectivity index (χ1) is 10.6. The Morgan fingerprint density at radius 2 is 1.86 bits per heavy atom. The third-order valence-corrected chi connectivity index (χ3v) is 5.49. The van der Waals surface area contributed by atoms with E-state index in [1.165, 1.54) is 0 Å². The third kappa shape index (κ3) is 2.87. The van der Waals surface area contributed by atoms with Crippen molar-refractivity contribution in [3.8, 4) is 0 Å². The van der Waals surface area contributed by atoms with Gasteiger partial charge in [-0.05, 0) is 24.1 Å². The van der Waals surface area contributed by atoms with Crippen LogP contribution >= 0.6 is 11.7 Å². The zero-order valence-corrected chi connectivity index (χ0v) is 13.6. The molecule has 3 aromatic rings. The van der Waals surface area contributed by atoms with E-state index in [9.17, 15) is 8.42 Å². The van der Waals surface area contributed by atoms with Crippen molar-refractivity contribution in [1.82, 2.24) is 13.5 Å². The molecule has 0 aliphatic heterocycles. The molecular weight excluding hydrogens is 318 g/mol. The molecule has 7 heteroatoms. The zero-order valence-electron chi connectivity index (χ0n) is 11.9. The van der Waals surface area contributed by atoms with Gasteiger partial charge in [0.1, 0.15) is 15.9 Å². The van der Waals surface area contributed by atoms with Crippen molar-refractivity contribution >= 4 is 32.8 Å². The summed E-state index contributed by atoms with van der Waals surface area (Å²) in [5.41, 5.74) is 1.96. The van der Waals surface area contributed by atoms with Crippen LogP contribution in [0.1, 0.15) is 24.9 Å². The largest absolute Gasteiger partial charge is 0.243 e. The van der Waals surface area contributed by atoms with Crippen molar-refractivity contribution < 1.29 is 8.42 Å². The minimum absolute atomic E-state index is 0.174. The Bertz CT molecular complexity index is 876. The van der Waals surface area contributed by atoms with Crippen molar-refractivity contribution in [1.29, 1.82) is 0 Å². The van der Waals surface area contributed by atoms with Gasteiger partial charge in [0.25, 0.3) is 0 Å². The molecule has 1 heterocycles. The summed E-state index contributed by atoms with van der Waals surface area (Å²) < 4.78 is 36.4. The number of hydrogen-bond donors (Lipinski definition) is 1. The summed E-state index contributed by atoms with van der Waals surface area (Å²) in [4.78, 5) is 0.174. The molecule has 1 N–H and O–H groups in total. The van der Waals surface area contributed by atoms with Crippen LogP contribution in [0.15, 0.2) is 53.4 Å².